The van der Waals surface area contributed by atoms with Gasteiger partial charge in [-0.15, -0.1) is 0 Å². The standard InChI is InChI=1S/C17H36O2/c1-3-5-6-7-8-9-10-11-12-13-14-15-17-19-18-16-4-2/h3-17H2,1-2H3. The molecule has 0 saturated carbocycles. The summed E-state index contributed by atoms with van der Waals surface area (Å²) in [5.41, 5.74) is 0. The van der Waals surface area contributed by atoms with Crippen LogP contribution in [-0.2, 0) is 9.78 Å². The van der Waals surface area contributed by atoms with Crippen LogP contribution in [0.2, 0.25) is 0 Å². The third-order valence-corrected chi connectivity index (χ3v) is 3.45. The zero-order valence-corrected chi connectivity index (χ0v) is 13.4. The summed E-state index contributed by atoms with van der Waals surface area (Å²) in [7, 11) is 0. The molecule has 0 aliphatic heterocycles. The Morgan fingerprint density at radius 3 is 1.32 bits per heavy atom. The predicted molar refractivity (Wildman–Crippen MR) is 83.3 cm³/mol. The van der Waals surface area contributed by atoms with Crippen LogP contribution < -0.4 is 0 Å². The number of hydrogen-bond donors (Lipinski definition) is 0. The van der Waals surface area contributed by atoms with E-state index in [-0.39, 0.29) is 0 Å². The Labute approximate surface area is 121 Å². The van der Waals surface area contributed by atoms with Crippen molar-refractivity contribution in [1.82, 2.24) is 0 Å². The van der Waals surface area contributed by atoms with E-state index in [0.717, 1.165) is 26.1 Å². The van der Waals surface area contributed by atoms with E-state index in [1.807, 2.05) is 0 Å². The summed E-state index contributed by atoms with van der Waals surface area (Å²) in [5.74, 6) is 0. The molecule has 0 aromatic rings. The summed E-state index contributed by atoms with van der Waals surface area (Å²) in [4.78, 5) is 10.0. The van der Waals surface area contributed by atoms with Gasteiger partial charge in [0.25, 0.3) is 0 Å². The van der Waals surface area contributed by atoms with Crippen molar-refractivity contribution < 1.29 is 9.78 Å². The molecule has 2 heteroatoms. The van der Waals surface area contributed by atoms with E-state index in [9.17, 15) is 0 Å². The Balaban J connectivity index is 2.88. The lowest BCUT2D eigenvalue weighted by Gasteiger charge is -2.03. The van der Waals surface area contributed by atoms with Gasteiger partial charge < -0.3 is 0 Å². The van der Waals surface area contributed by atoms with E-state index in [1.165, 1.54) is 70.6 Å². The monoisotopic (exact) mass is 272 g/mol. The van der Waals surface area contributed by atoms with Crippen molar-refractivity contribution in [1.29, 1.82) is 0 Å². The summed E-state index contributed by atoms with van der Waals surface area (Å²) >= 11 is 0. The van der Waals surface area contributed by atoms with Crippen LogP contribution in [0.5, 0.6) is 0 Å². The highest BCUT2D eigenvalue weighted by Gasteiger charge is 1.94. The van der Waals surface area contributed by atoms with Crippen molar-refractivity contribution in [2.45, 2.75) is 97.3 Å². The van der Waals surface area contributed by atoms with Gasteiger partial charge in [-0.25, -0.2) is 9.78 Å². The van der Waals surface area contributed by atoms with Gasteiger partial charge in [0.1, 0.15) is 0 Å². The third-order valence-electron chi connectivity index (χ3n) is 3.45. The number of rotatable bonds is 16. The lowest BCUT2D eigenvalue weighted by atomic mass is 10.1. The maximum absolute atomic E-state index is 5.07. The topological polar surface area (TPSA) is 18.5 Å². The van der Waals surface area contributed by atoms with E-state index in [2.05, 4.69) is 13.8 Å². The highest BCUT2D eigenvalue weighted by molar-refractivity contribution is 4.48. The van der Waals surface area contributed by atoms with Crippen molar-refractivity contribution in [2.75, 3.05) is 13.2 Å². The molecule has 0 spiro atoms. The second-order valence-corrected chi connectivity index (χ2v) is 5.53. The molecule has 0 aliphatic carbocycles. The fraction of sp³-hybridized carbons (Fsp3) is 1.00. The summed E-state index contributed by atoms with van der Waals surface area (Å²) in [5, 5.41) is 0. The molecule has 2 nitrogen and oxygen atoms in total. The van der Waals surface area contributed by atoms with Crippen LogP contribution in [0.25, 0.3) is 0 Å². The molecule has 0 aromatic heterocycles. The van der Waals surface area contributed by atoms with Crippen LogP contribution in [0.4, 0.5) is 0 Å². The molecule has 0 fully saturated rings. The predicted octanol–water partition coefficient (Wildman–Crippen LogP) is 6.05. The first-order chi connectivity index (χ1) is 9.41. The minimum absolute atomic E-state index is 0.720. The Kier molecular flexibility index (Phi) is 17.8. The van der Waals surface area contributed by atoms with Gasteiger partial charge in [0.15, 0.2) is 0 Å². The zero-order chi connectivity index (χ0) is 14.0. The molecule has 0 aromatic carbocycles. The van der Waals surface area contributed by atoms with Crippen LogP contribution in [-0.4, -0.2) is 13.2 Å². The highest BCUT2D eigenvalue weighted by Crippen LogP contribution is 2.11. The molecular formula is C17H36O2. The first-order valence-electron chi connectivity index (χ1n) is 8.66. The maximum atomic E-state index is 5.07. The van der Waals surface area contributed by atoms with E-state index < -0.39 is 0 Å². The first kappa shape index (κ1) is 18.9. The Bertz CT molecular complexity index is 132. The van der Waals surface area contributed by atoms with E-state index >= 15 is 0 Å². The third kappa shape index (κ3) is 17.9. The molecule has 19 heavy (non-hydrogen) atoms. The quantitative estimate of drug-likeness (QED) is 0.193. The zero-order valence-electron chi connectivity index (χ0n) is 13.4. The Hall–Kier alpha value is -0.0800. The number of unbranched alkanes of at least 4 members (excludes halogenated alkanes) is 11. The Morgan fingerprint density at radius 2 is 0.842 bits per heavy atom. The van der Waals surface area contributed by atoms with E-state index in [1.54, 1.807) is 0 Å². The second-order valence-electron chi connectivity index (χ2n) is 5.53. The van der Waals surface area contributed by atoms with E-state index in [4.69, 9.17) is 9.78 Å². The van der Waals surface area contributed by atoms with Crippen molar-refractivity contribution in [3.63, 3.8) is 0 Å². The molecular weight excluding hydrogens is 236 g/mol. The average molecular weight is 272 g/mol. The second kappa shape index (κ2) is 17.9. The van der Waals surface area contributed by atoms with Gasteiger partial charge in [0, 0.05) is 0 Å². The van der Waals surface area contributed by atoms with Crippen LogP contribution in [0.3, 0.4) is 0 Å². The lowest BCUT2D eigenvalue weighted by Crippen LogP contribution is -1.97. The summed E-state index contributed by atoms with van der Waals surface area (Å²) in [6, 6.07) is 0. The largest absolute Gasteiger partial charge is 0.237 e. The van der Waals surface area contributed by atoms with Crippen molar-refractivity contribution >= 4 is 0 Å². The molecule has 0 bridgehead atoms. The van der Waals surface area contributed by atoms with Crippen LogP contribution >= 0.6 is 0 Å². The summed E-state index contributed by atoms with van der Waals surface area (Å²) in [6.45, 7) is 5.85. The minimum atomic E-state index is 0.720. The molecule has 0 heterocycles. The van der Waals surface area contributed by atoms with Gasteiger partial charge in [0.2, 0.25) is 0 Å². The molecule has 0 unspecified atom stereocenters. The van der Waals surface area contributed by atoms with Gasteiger partial charge >= 0.3 is 0 Å². The Morgan fingerprint density at radius 1 is 0.421 bits per heavy atom. The molecule has 0 aliphatic rings. The fourth-order valence-corrected chi connectivity index (χ4v) is 2.20. The molecule has 0 atom stereocenters. The lowest BCUT2D eigenvalue weighted by molar-refractivity contribution is -0.294. The molecule has 0 N–H and O–H groups in total. The number of hydrogen-bond acceptors (Lipinski definition) is 2. The van der Waals surface area contributed by atoms with Gasteiger partial charge in [-0.3, -0.25) is 0 Å². The van der Waals surface area contributed by atoms with Crippen molar-refractivity contribution in [3.8, 4) is 0 Å². The smallest absolute Gasteiger partial charge is 0.0822 e. The first-order valence-corrected chi connectivity index (χ1v) is 8.66. The molecule has 116 valence electrons. The molecule has 0 amide bonds. The molecule has 0 rings (SSSR count). The van der Waals surface area contributed by atoms with Crippen molar-refractivity contribution in [3.05, 3.63) is 0 Å². The SMILES string of the molecule is CCCCCCCCCCCCCCOOCCC. The average Bonchev–Trinajstić information content (AvgIpc) is 2.43. The van der Waals surface area contributed by atoms with Crippen molar-refractivity contribution in [2.24, 2.45) is 0 Å². The fourth-order valence-electron chi connectivity index (χ4n) is 2.20. The van der Waals surface area contributed by atoms with Gasteiger partial charge in [-0.05, 0) is 12.8 Å². The normalized spacial score (nSPS) is 11.1. The summed E-state index contributed by atoms with van der Waals surface area (Å²) < 4.78 is 0. The minimum Gasteiger partial charge on any atom is -0.237 e. The van der Waals surface area contributed by atoms with Crippen LogP contribution in [0.1, 0.15) is 97.3 Å². The van der Waals surface area contributed by atoms with Gasteiger partial charge in [-0.1, -0.05) is 84.5 Å². The summed E-state index contributed by atoms with van der Waals surface area (Å²) in [6.07, 6.45) is 17.6. The highest BCUT2D eigenvalue weighted by atomic mass is 17.2. The molecule has 0 radical (unpaired) electrons. The van der Waals surface area contributed by atoms with Gasteiger partial charge in [-0.2, -0.15) is 0 Å². The van der Waals surface area contributed by atoms with Crippen LogP contribution in [0, 0.1) is 0 Å². The van der Waals surface area contributed by atoms with E-state index in [0.29, 0.717) is 0 Å². The maximum Gasteiger partial charge on any atom is 0.0822 e. The molecule has 0 saturated heterocycles. The van der Waals surface area contributed by atoms with Crippen LogP contribution in [0.15, 0.2) is 0 Å². The van der Waals surface area contributed by atoms with Gasteiger partial charge in [0.05, 0.1) is 13.2 Å².